The number of nitrogens with one attached hydrogen (secondary N) is 1. The average molecular weight is 387 g/mol. The van der Waals surface area contributed by atoms with Crippen LogP contribution in [0.5, 0.6) is 0 Å². The zero-order chi connectivity index (χ0) is 19.6. The van der Waals surface area contributed by atoms with Crippen molar-refractivity contribution in [2.45, 2.75) is 38.8 Å². The number of methoxy groups -OCH3 is 1. The fraction of sp³-hybridized carbons (Fsp3) is 0.450. The predicted octanol–water partition coefficient (Wildman–Crippen LogP) is 2.96. The van der Waals surface area contributed by atoms with E-state index >= 15 is 0 Å². The van der Waals surface area contributed by atoms with E-state index in [-0.39, 0.29) is 18.1 Å². The van der Waals surface area contributed by atoms with Crippen LogP contribution in [0.15, 0.2) is 30.5 Å². The van der Waals surface area contributed by atoms with Gasteiger partial charge in [0.15, 0.2) is 5.11 Å². The molecule has 0 bridgehead atoms. The first kappa shape index (κ1) is 19.4. The molecule has 0 unspecified atom stereocenters. The predicted molar refractivity (Wildman–Crippen MR) is 108 cm³/mol. The van der Waals surface area contributed by atoms with Crippen molar-refractivity contribution in [1.82, 2.24) is 19.8 Å². The quantitative estimate of drug-likeness (QED) is 0.608. The standard InChI is InChI=1S/C20H26N4O2S/c1-13-12-15(14(2)23(13)3)19-18(16-8-5-6-10-21-16)22-20(27)24(19)11-7-9-17(25)26-4/h5-6,8,10,12,18-19H,7,9,11H2,1-4H3,(H,22,27)/t18-,19+/m1/s1. The van der Waals surface area contributed by atoms with Crippen LogP contribution in [0.3, 0.4) is 0 Å². The summed E-state index contributed by atoms with van der Waals surface area (Å²) in [7, 11) is 3.49. The van der Waals surface area contributed by atoms with Crippen molar-refractivity contribution in [2.75, 3.05) is 13.7 Å². The minimum absolute atomic E-state index is 0.0303. The molecule has 0 amide bonds. The molecule has 2 atom stereocenters. The molecule has 1 saturated heterocycles. The average Bonchev–Trinajstić information content (AvgIpc) is 3.13. The third kappa shape index (κ3) is 3.83. The highest BCUT2D eigenvalue weighted by Crippen LogP contribution is 2.40. The summed E-state index contributed by atoms with van der Waals surface area (Å²) in [6.07, 6.45) is 2.87. The van der Waals surface area contributed by atoms with Crippen LogP contribution in [-0.4, -0.2) is 39.2 Å². The van der Waals surface area contributed by atoms with Crippen LogP contribution in [0.4, 0.5) is 0 Å². The van der Waals surface area contributed by atoms with Gasteiger partial charge in [0.25, 0.3) is 0 Å². The Morgan fingerprint density at radius 2 is 2.15 bits per heavy atom. The van der Waals surface area contributed by atoms with Crippen molar-refractivity contribution in [1.29, 1.82) is 0 Å². The van der Waals surface area contributed by atoms with Gasteiger partial charge in [-0.2, -0.15) is 0 Å². The van der Waals surface area contributed by atoms with Crippen LogP contribution >= 0.6 is 12.2 Å². The van der Waals surface area contributed by atoms with Crippen molar-refractivity contribution < 1.29 is 9.53 Å². The lowest BCUT2D eigenvalue weighted by atomic mass is 9.96. The number of hydrogen-bond acceptors (Lipinski definition) is 4. The van der Waals surface area contributed by atoms with Gasteiger partial charge in [-0.1, -0.05) is 6.07 Å². The van der Waals surface area contributed by atoms with E-state index in [4.69, 9.17) is 17.0 Å². The minimum atomic E-state index is -0.197. The van der Waals surface area contributed by atoms with Gasteiger partial charge < -0.3 is 19.5 Å². The zero-order valence-corrected chi connectivity index (χ0v) is 17.0. The van der Waals surface area contributed by atoms with Gasteiger partial charge >= 0.3 is 5.97 Å². The van der Waals surface area contributed by atoms with E-state index in [1.807, 2.05) is 18.2 Å². The maximum Gasteiger partial charge on any atom is 0.305 e. The van der Waals surface area contributed by atoms with E-state index < -0.39 is 0 Å². The van der Waals surface area contributed by atoms with Crippen LogP contribution in [0, 0.1) is 13.8 Å². The second-order valence-corrected chi connectivity index (χ2v) is 7.27. The first-order valence-corrected chi connectivity index (χ1v) is 9.52. The first-order valence-electron chi connectivity index (χ1n) is 9.11. The number of aryl methyl sites for hydroxylation is 1. The molecule has 0 saturated carbocycles. The molecule has 0 radical (unpaired) electrons. The Balaban J connectivity index is 1.94. The summed E-state index contributed by atoms with van der Waals surface area (Å²) in [4.78, 5) is 18.2. The van der Waals surface area contributed by atoms with Gasteiger partial charge in [0.2, 0.25) is 0 Å². The van der Waals surface area contributed by atoms with E-state index in [0.29, 0.717) is 24.5 Å². The number of carbonyl (C=O) groups is 1. The van der Waals surface area contributed by atoms with Crippen molar-refractivity contribution >= 4 is 23.3 Å². The van der Waals surface area contributed by atoms with E-state index in [9.17, 15) is 4.79 Å². The van der Waals surface area contributed by atoms with E-state index in [2.05, 4.69) is 46.7 Å². The van der Waals surface area contributed by atoms with Crippen LogP contribution in [0.2, 0.25) is 0 Å². The second-order valence-electron chi connectivity index (χ2n) is 6.89. The Hall–Kier alpha value is -2.41. The first-order chi connectivity index (χ1) is 12.9. The zero-order valence-electron chi connectivity index (χ0n) is 16.2. The molecule has 2 aromatic heterocycles. The SMILES string of the molecule is COC(=O)CCCN1C(=S)N[C@H](c2ccccn2)[C@@H]1c1cc(C)n(C)c1C. The van der Waals surface area contributed by atoms with Crippen molar-refractivity contribution in [3.05, 3.63) is 53.1 Å². The van der Waals surface area contributed by atoms with E-state index in [1.165, 1.54) is 24.1 Å². The third-order valence-corrected chi connectivity index (χ3v) is 5.69. The number of hydrogen-bond donors (Lipinski definition) is 1. The largest absolute Gasteiger partial charge is 0.469 e. The lowest BCUT2D eigenvalue weighted by Crippen LogP contribution is -2.31. The van der Waals surface area contributed by atoms with E-state index in [1.54, 1.807) is 6.20 Å². The highest BCUT2D eigenvalue weighted by molar-refractivity contribution is 7.80. The summed E-state index contributed by atoms with van der Waals surface area (Å²) in [5.41, 5.74) is 4.61. The number of nitrogens with zero attached hydrogens (tertiary/aromatic N) is 3. The normalized spacial score (nSPS) is 19.3. The highest BCUT2D eigenvalue weighted by Gasteiger charge is 2.40. The summed E-state index contributed by atoms with van der Waals surface area (Å²) >= 11 is 5.65. The molecule has 2 aromatic rings. The molecular weight excluding hydrogens is 360 g/mol. The van der Waals surface area contributed by atoms with Gasteiger partial charge in [0.1, 0.15) is 0 Å². The molecule has 0 spiro atoms. The number of esters is 1. The molecule has 1 N–H and O–H groups in total. The maximum atomic E-state index is 11.5. The smallest absolute Gasteiger partial charge is 0.305 e. The van der Waals surface area contributed by atoms with Crippen LogP contribution in [0.1, 0.15) is 47.6 Å². The lowest BCUT2D eigenvalue weighted by Gasteiger charge is -2.28. The van der Waals surface area contributed by atoms with Gasteiger partial charge in [-0.15, -0.1) is 0 Å². The Bertz CT molecular complexity index is 834. The molecular formula is C20H26N4O2S. The Morgan fingerprint density at radius 1 is 1.37 bits per heavy atom. The Labute approximate surface area is 165 Å². The molecule has 144 valence electrons. The van der Waals surface area contributed by atoms with Gasteiger partial charge in [0.05, 0.1) is 24.9 Å². The third-order valence-electron chi connectivity index (χ3n) is 5.34. The van der Waals surface area contributed by atoms with Crippen molar-refractivity contribution in [2.24, 2.45) is 7.05 Å². The highest BCUT2D eigenvalue weighted by atomic mass is 32.1. The summed E-state index contributed by atoms with van der Waals surface area (Å²) in [6.45, 7) is 4.92. The van der Waals surface area contributed by atoms with Gasteiger partial charge in [-0.3, -0.25) is 9.78 Å². The molecule has 3 heterocycles. The number of ether oxygens (including phenoxy) is 1. The van der Waals surface area contributed by atoms with Crippen LogP contribution in [-0.2, 0) is 16.6 Å². The monoisotopic (exact) mass is 386 g/mol. The Kier molecular flexibility index (Phi) is 5.79. The molecule has 0 aliphatic carbocycles. The molecule has 6 nitrogen and oxygen atoms in total. The molecule has 3 rings (SSSR count). The molecule has 7 heteroatoms. The lowest BCUT2D eigenvalue weighted by molar-refractivity contribution is -0.140. The number of carbonyl (C=O) groups excluding carboxylic acids is 1. The van der Waals surface area contributed by atoms with Crippen LogP contribution < -0.4 is 5.32 Å². The second kappa shape index (κ2) is 8.08. The topological polar surface area (TPSA) is 59.4 Å². The number of thiocarbonyl (C=S) groups is 1. The molecule has 27 heavy (non-hydrogen) atoms. The molecule has 1 fully saturated rings. The van der Waals surface area contributed by atoms with Crippen molar-refractivity contribution in [3.8, 4) is 0 Å². The number of pyridine rings is 1. The summed E-state index contributed by atoms with van der Waals surface area (Å²) in [6, 6.07) is 8.16. The van der Waals surface area contributed by atoms with Gasteiger partial charge in [0, 0.05) is 37.6 Å². The fourth-order valence-corrected chi connectivity index (χ4v) is 4.00. The summed E-state index contributed by atoms with van der Waals surface area (Å²) in [5.74, 6) is -0.197. The fourth-order valence-electron chi connectivity index (χ4n) is 3.66. The minimum Gasteiger partial charge on any atom is -0.469 e. The van der Waals surface area contributed by atoms with Gasteiger partial charge in [-0.25, -0.2) is 0 Å². The summed E-state index contributed by atoms with van der Waals surface area (Å²) in [5, 5.41) is 4.14. The van der Waals surface area contributed by atoms with Crippen LogP contribution in [0.25, 0.3) is 0 Å². The maximum absolute atomic E-state index is 11.5. The number of rotatable bonds is 6. The molecule has 1 aliphatic heterocycles. The number of aromatic nitrogens is 2. The van der Waals surface area contributed by atoms with Crippen molar-refractivity contribution in [3.63, 3.8) is 0 Å². The van der Waals surface area contributed by atoms with E-state index in [0.717, 1.165) is 5.69 Å². The Morgan fingerprint density at radius 3 is 2.74 bits per heavy atom. The molecule has 1 aliphatic rings. The molecule has 0 aromatic carbocycles. The van der Waals surface area contributed by atoms with Gasteiger partial charge in [-0.05, 0) is 56.2 Å². The summed E-state index contributed by atoms with van der Waals surface area (Å²) < 4.78 is 6.96.